The molecule has 0 unspecified atom stereocenters. The van der Waals surface area contributed by atoms with Crippen molar-refractivity contribution in [1.29, 1.82) is 0 Å². The molecule has 2 aromatic rings. The number of rotatable bonds is 2. The summed E-state index contributed by atoms with van der Waals surface area (Å²) in [5.74, 6) is -0.820. The van der Waals surface area contributed by atoms with Crippen molar-refractivity contribution in [2.75, 3.05) is 5.73 Å². The summed E-state index contributed by atoms with van der Waals surface area (Å²) in [6, 6.07) is 7.46. The van der Waals surface area contributed by atoms with Crippen LogP contribution in [0.4, 0.5) is 5.95 Å². The van der Waals surface area contributed by atoms with Gasteiger partial charge in [-0.15, -0.1) is 0 Å². The minimum atomic E-state index is -0.707. The monoisotopic (exact) mass is 231 g/mol. The number of hydrogen-bond acceptors (Lipinski definition) is 6. The summed E-state index contributed by atoms with van der Waals surface area (Å²) in [6.45, 7) is 0. The molecule has 6 nitrogen and oxygen atoms in total. The summed E-state index contributed by atoms with van der Waals surface area (Å²) in [7, 11) is 0. The molecule has 0 saturated heterocycles. The Bertz CT molecular complexity index is 557. The van der Waals surface area contributed by atoms with E-state index in [1.165, 1.54) is 24.4 Å². The summed E-state index contributed by atoms with van der Waals surface area (Å²) in [5, 5.41) is 9.46. The maximum Gasteiger partial charge on any atom is 0.348 e. The molecule has 2 rings (SSSR count). The molecule has 0 aliphatic carbocycles. The Morgan fingerprint density at radius 2 is 2.06 bits per heavy atom. The zero-order valence-corrected chi connectivity index (χ0v) is 8.70. The SMILES string of the molecule is Nc1nccc(OC(=O)c2ccccc2O)n1. The number of carbonyl (C=O) groups excluding carboxylic acids is 1. The summed E-state index contributed by atoms with van der Waals surface area (Å²) < 4.78 is 4.93. The van der Waals surface area contributed by atoms with Crippen LogP contribution in [0.15, 0.2) is 36.5 Å². The lowest BCUT2D eigenvalue weighted by atomic mass is 10.2. The maximum absolute atomic E-state index is 11.7. The van der Waals surface area contributed by atoms with Crippen LogP contribution in [0.25, 0.3) is 0 Å². The van der Waals surface area contributed by atoms with Crippen molar-refractivity contribution in [3.63, 3.8) is 0 Å². The van der Waals surface area contributed by atoms with E-state index < -0.39 is 5.97 Å². The molecule has 0 spiro atoms. The standard InChI is InChI=1S/C11H9N3O3/c12-11-13-6-5-9(14-11)17-10(16)7-3-1-2-4-8(7)15/h1-6,15H,(H2,12,13,14). The van der Waals surface area contributed by atoms with Gasteiger partial charge < -0.3 is 15.6 Å². The van der Waals surface area contributed by atoms with Crippen molar-refractivity contribution in [3.8, 4) is 11.6 Å². The highest BCUT2D eigenvalue weighted by atomic mass is 16.5. The fourth-order valence-electron chi connectivity index (χ4n) is 1.21. The van der Waals surface area contributed by atoms with Gasteiger partial charge in [0.15, 0.2) is 0 Å². The molecule has 0 amide bonds. The number of para-hydroxylation sites is 1. The zero-order chi connectivity index (χ0) is 12.3. The Morgan fingerprint density at radius 3 is 2.76 bits per heavy atom. The van der Waals surface area contributed by atoms with Crippen LogP contribution >= 0.6 is 0 Å². The number of ether oxygens (including phenoxy) is 1. The average molecular weight is 231 g/mol. The molecule has 0 fully saturated rings. The Balaban J connectivity index is 2.20. The topological polar surface area (TPSA) is 98.3 Å². The minimum absolute atomic E-state index is 0.00702. The number of carbonyl (C=O) groups is 1. The van der Waals surface area contributed by atoms with E-state index in [0.29, 0.717) is 0 Å². The average Bonchev–Trinajstić information content (AvgIpc) is 2.29. The molecule has 0 atom stereocenters. The highest BCUT2D eigenvalue weighted by molar-refractivity contribution is 5.93. The second kappa shape index (κ2) is 4.48. The number of esters is 1. The molecule has 17 heavy (non-hydrogen) atoms. The van der Waals surface area contributed by atoms with Gasteiger partial charge in [-0.1, -0.05) is 12.1 Å². The lowest BCUT2D eigenvalue weighted by molar-refractivity contribution is 0.0724. The largest absolute Gasteiger partial charge is 0.507 e. The lowest BCUT2D eigenvalue weighted by Gasteiger charge is -2.04. The number of anilines is 1. The van der Waals surface area contributed by atoms with Crippen molar-refractivity contribution in [2.45, 2.75) is 0 Å². The van der Waals surface area contributed by atoms with E-state index in [2.05, 4.69) is 9.97 Å². The third-order valence-corrected chi connectivity index (χ3v) is 1.97. The Morgan fingerprint density at radius 1 is 1.29 bits per heavy atom. The van der Waals surface area contributed by atoms with Gasteiger partial charge in [0.25, 0.3) is 0 Å². The van der Waals surface area contributed by atoms with Crippen molar-refractivity contribution in [1.82, 2.24) is 9.97 Å². The third kappa shape index (κ3) is 2.49. The molecule has 1 heterocycles. The predicted octanol–water partition coefficient (Wildman–Crippen LogP) is 0.984. The molecule has 0 saturated carbocycles. The number of phenols is 1. The van der Waals surface area contributed by atoms with Crippen LogP contribution in [0.1, 0.15) is 10.4 Å². The van der Waals surface area contributed by atoms with Crippen LogP contribution in [0.5, 0.6) is 11.6 Å². The molecule has 6 heteroatoms. The number of aromatic nitrogens is 2. The summed E-state index contributed by atoms with van der Waals surface area (Å²) >= 11 is 0. The molecule has 0 radical (unpaired) electrons. The molecular weight excluding hydrogens is 222 g/mol. The zero-order valence-electron chi connectivity index (χ0n) is 8.70. The smallest absolute Gasteiger partial charge is 0.348 e. The summed E-state index contributed by atoms with van der Waals surface area (Å²) in [6.07, 6.45) is 1.37. The van der Waals surface area contributed by atoms with E-state index in [4.69, 9.17) is 10.5 Å². The fourth-order valence-corrected chi connectivity index (χ4v) is 1.21. The van der Waals surface area contributed by atoms with Crippen LogP contribution in [0, 0.1) is 0 Å². The first-order valence-electron chi connectivity index (χ1n) is 4.75. The van der Waals surface area contributed by atoms with Crippen LogP contribution in [0.2, 0.25) is 0 Å². The van der Waals surface area contributed by atoms with Gasteiger partial charge in [0.2, 0.25) is 11.8 Å². The van der Waals surface area contributed by atoms with E-state index in [-0.39, 0.29) is 23.1 Å². The first-order valence-corrected chi connectivity index (χ1v) is 4.75. The molecule has 86 valence electrons. The van der Waals surface area contributed by atoms with E-state index in [0.717, 1.165) is 0 Å². The van der Waals surface area contributed by atoms with Crippen molar-refractivity contribution < 1.29 is 14.6 Å². The first-order chi connectivity index (χ1) is 8.16. The van der Waals surface area contributed by atoms with Gasteiger partial charge in [-0.3, -0.25) is 0 Å². The third-order valence-electron chi connectivity index (χ3n) is 1.97. The van der Waals surface area contributed by atoms with Gasteiger partial charge >= 0.3 is 5.97 Å². The van der Waals surface area contributed by atoms with Gasteiger partial charge in [-0.05, 0) is 12.1 Å². The Kier molecular flexibility index (Phi) is 2.87. The maximum atomic E-state index is 11.7. The lowest BCUT2D eigenvalue weighted by Crippen LogP contribution is -2.10. The van der Waals surface area contributed by atoms with Gasteiger partial charge in [-0.2, -0.15) is 4.98 Å². The fraction of sp³-hybridized carbons (Fsp3) is 0. The molecule has 0 aliphatic heterocycles. The first kappa shape index (κ1) is 10.9. The van der Waals surface area contributed by atoms with Gasteiger partial charge in [-0.25, -0.2) is 9.78 Å². The highest BCUT2D eigenvalue weighted by Gasteiger charge is 2.13. The number of nitrogen functional groups attached to an aromatic ring is 1. The molecule has 1 aromatic carbocycles. The quantitative estimate of drug-likeness (QED) is 0.747. The number of nitrogens with two attached hydrogens (primary N) is 1. The molecule has 3 N–H and O–H groups in total. The van der Waals surface area contributed by atoms with Gasteiger partial charge in [0, 0.05) is 12.3 Å². The van der Waals surface area contributed by atoms with Gasteiger partial charge in [0.05, 0.1) is 0 Å². The summed E-state index contributed by atoms with van der Waals surface area (Å²) in [4.78, 5) is 19.0. The number of phenolic OH excluding ortho intramolecular Hbond substituents is 1. The number of nitrogens with zero attached hydrogens (tertiary/aromatic N) is 2. The minimum Gasteiger partial charge on any atom is -0.507 e. The Hall–Kier alpha value is -2.63. The van der Waals surface area contributed by atoms with Crippen LogP contribution < -0.4 is 10.5 Å². The molecule has 0 bridgehead atoms. The van der Waals surface area contributed by atoms with E-state index in [1.54, 1.807) is 12.1 Å². The van der Waals surface area contributed by atoms with Crippen LogP contribution in [0.3, 0.4) is 0 Å². The van der Waals surface area contributed by atoms with Crippen molar-refractivity contribution >= 4 is 11.9 Å². The van der Waals surface area contributed by atoms with E-state index in [1.807, 2.05) is 0 Å². The van der Waals surface area contributed by atoms with Gasteiger partial charge in [0.1, 0.15) is 11.3 Å². The molecule has 0 aliphatic rings. The number of aromatic hydroxyl groups is 1. The second-order valence-corrected chi connectivity index (χ2v) is 3.16. The number of benzene rings is 1. The number of hydrogen-bond donors (Lipinski definition) is 2. The van der Waals surface area contributed by atoms with Crippen LogP contribution in [-0.2, 0) is 0 Å². The normalized spacial score (nSPS) is 9.88. The Labute approximate surface area is 96.7 Å². The highest BCUT2D eigenvalue weighted by Crippen LogP contribution is 2.18. The molecular formula is C11H9N3O3. The summed E-state index contributed by atoms with van der Waals surface area (Å²) in [5.41, 5.74) is 5.40. The van der Waals surface area contributed by atoms with E-state index in [9.17, 15) is 9.90 Å². The second-order valence-electron chi connectivity index (χ2n) is 3.16. The van der Waals surface area contributed by atoms with Crippen LogP contribution in [-0.4, -0.2) is 21.0 Å². The predicted molar refractivity (Wildman–Crippen MR) is 59.5 cm³/mol. The van der Waals surface area contributed by atoms with Crippen molar-refractivity contribution in [2.24, 2.45) is 0 Å². The van der Waals surface area contributed by atoms with E-state index >= 15 is 0 Å². The molecule has 1 aromatic heterocycles. The van der Waals surface area contributed by atoms with Crippen molar-refractivity contribution in [3.05, 3.63) is 42.1 Å².